The summed E-state index contributed by atoms with van der Waals surface area (Å²) in [6.45, 7) is 5.97. The number of nitrogens with one attached hydrogen (secondary N) is 2. The minimum absolute atomic E-state index is 0.194. The van der Waals surface area contributed by atoms with Crippen LogP contribution in [-0.2, 0) is 10.5 Å². The van der Waals surface area contributed by atoms with E-state index >= 15 is 0 Å². The van der Waals surface area contributed by atoms with Crippen LogP contribution in [0.4, 0.5) is 21.9 Å². The zero-order valence-corrected chi connectivity index (χ0v) is 21.6. The summed E-state index contributed by atoms with van der Waals surface area (Å²) in [5, 5.41) is 17.9. The van der Waals surface area contributed by atoms with Crippen LogP contribution < -0.4 is 20.4 Å². The van der Waals surface area contributed by atoms with Gasteiger partial charge in [0.2, 0.25) is 0 Å². The molecule has 3 aromatic carbocycles. The number of nitrogens with zero attached hydrogens (tertiary/aromatic N) is 2. The highest BCUT2D eigenvalue weighted by Crippen LogP contribution is 2.41. The number of amides is 3. The van der Waals surface area contributed by atoms with E-state index in [1.54, 1.807) is 24.3 Å². The number of halogens is 2. The smallest absolute Gasteiger partial charge is 0.329 e. The van der Waals surface area contributed by atoms with Gasteiger partial charge in [-0.05, 0) is 62.2 Å². The number of urea groups is 1. The Balaban J connectivity index is 1.56. The fraction of sp³-hybridized carbons (Fsp3) is 0.259. The van der Waals surface area contributed by atoms with Crippen molar-refractivity contribution in [3.63, 3.8) is 0 Å². The number of carbonyl (C=O) groups excluding carboxylic acids is 2. The standard InChI is InChI=1S/C27H28Cl2N4O3/c1-3-32(19-9-6-8-18(2)16-19)15-7-14-30-25(34)27(36)21-10-4-5-11-24(21)31-26(35)33(27)20-12-13-22(28)23(29)17-20/h4-6,8-13,16-17,36H,3,7,14-15H2,1-2H3,(H,30,34)(H,31,35)/t27-/m1/s1. The summed E-state index contributed by atoms with van der Waals surface area (Å²) in [5.74, 6) is -0.713. The summed E-state index contributed by atoms with van der Waals surface area (Å²) in [7, 11) is 0. The van der Waals surface area contributed by atoms with E-state index in [9.17, 15) is 14.7 Å². The van der Waals surface area contributed by atoms with E-state index in [0.29, 0.717) is 30.2 Å². The summed E-state index contributed by atoms with van der Waals surface area (Å²) < 4.78 is 0. The number of fused-ring (bicyclic) bond motifs is 1. The third-order valence-corrected chi connectivity index (χ3v) is 6.93. The molecule has 36 heavy (non-hydrogen) atoms. The van der Waals surface area contributed by atoms with Crippen LogP contribution in [0.25, 0.3) is 0 Å². The van der Waals surface area contributed by atoms with Crippen molar-refractivity contribution in [2.24, 2.45) is 0 Å². The first-order valence-corrected chi connectivity index (χ1v) is 12.5. The molecule has 0 spiro atoms. The molecule has 0 saturated carbocycles. The molecular formula is C27H28Cl2N4O3. The highest BCUT2D eigenvalue weighted by molar-refractivity contribution is 6.42. The highest BCUT2D eigenvalue weighted by Gasteiger charge is 2.51. The fourth-order valence-corrected chi connectivity index (χ4v) is 4.67. The molecule has 0 aliphatic carbocycles. The molecule has 1 atom stereocenters. The van der Waals surface area contributed by atoms with Gasteiger partial charge in [0, 0.05) is 30.9 Å². The number of para-hydroxylation sites is 1. The summed E-state index contributed by atoms with van der Waals surface area (Å²) in [5.41, 5.74) is 0.836. The van der Waals surface area contributed by atoms with E-state index in [2.05, 4.69) is 47.6 Å². The summed E-state index contributed by atoms with van der Waals surface area (Å²) >= 11 is 12.2. The number of benzene rings is 3. The lowest BCUT2D eigenvalue weighted by Crippen LogP contribution is -2.62. The van der Waals surface area contributed by atoms with E-state index in [0.717, 1.165) is 17.1 Å². The Morgan fingerprint density at radius 3 is 2.58 bits per heavy atom. The van der Waals surface area contributed by atoms with Crippen LogP contribution in [0.5, 0.6) is 0 Å². The minimum Gasteiger partial charge on any atom is -0.372 e. The van der Waals surface area contributed by atoms with Gasteiger partial charge in [-0.2, -0.15) is 0 Å². The largest absolute Gasteiger partial charge is 0.372 e. The Morgan fingerprint density at radius 2 is 1.86 bits per heavy atom. The molecule has 7 nitrogen and oxygen atoms in total. The van der Waals surface area contributed by atoms with Crippen molar-refractivity contribution in [3.8, 4) is 0 Å². The monoisotopic (exact) mass is 526 g/mol. The topological polar surface area (TPSA) is 84.9 Å². The Morgan fingerprint density at radius 1 is 1.08 bits per heavy atom. The maximum atomic E-state index is 13.5. The molecular weight excluding hydrogens is 499 g/mol. The number of aryl methyl sites for hydroxylation is 1. The molecule has 3 N–H and O–H groups in total. The fourth-order valence-electron chi connectivity index (χ4n) is 4.38. The minimum atomic E-state index is -2.29. The predicted octanol–water partition coefficient (Wildman–Crippen LogP) is 5.53. The van der Waals surface area contributed by atoms with Crippen LogP contribution in [0.3, 0.4) is 0 Å². The zero-order valence-electron chi connectivity index (χ0n) is 20.1. The third-order valence-electron chi connectivity index (χ3n) is 6.19. The van der Waals surface area contributed by atoms with E-state index < -0.39 is 17.7 Å². The second-order valence-corrected chi connectivity index (χ2v) is 9.42. The molecule has 0 bridgehead atoms. The molecule has 0 saturated heterocycles. The molecule has 188 valence electrons. The Kier molecular flexibility index (Phi) is 7.73. The summed E-state index contributed by atoms with van der Waals surface area (Å²) in [4.78, 5) is 29.9. The van der Waals surface area contributed by atoms with Gasteiger partial charge >= 0.3 is 6.03 Å². The molecule has 1 aliphatic rings. The lowest BCUT2D eigenvalue weighted by atomic mass is 9.94. The molecule has 1 aliphatic heterocycles. The van der Waals surface area contributed by atoms with Crippen LogP contribution in [0.2, 0.25) is 10.0 Å². The van der Waals surface area contributed by atoms with Crippen molar-refractivity contribution in [3.05, 3.63) is 87.9 Å². The predicted molar refractivity (Wildman–Crippen MR) is 145 cm³/mol. The summed E-state index contributed by atoms with van der Waals surface area (Å²) in [6, 6.07) is 18.7. The average molecular weight is 527 g/mol. The van der Waals surface area contributed by atoms with E-state index in [4.69, 9.17) is 23.2 Å². The van der Waals surface area contributed by atoms with Gasteiger partial charge in [-0.1, -0.05) is 53.5 Å². The number of carbonyl (C=O) groups is 2. The van der Waals surface area contributed by atoms with Crippen molar-refractivity contribution < 1.29 is 14.7 Å². The normalized spacial score (nSPS) is 16.8. The number of rotatable bonds is 8. The van der Waals surface area contributed by atoms with Crippen molar-refractivity contribution in [2.75, 3.05) is 34.8 Å². The number of hydrogen-bond donors (Lipinski definition) is 3. The molecule has 3 amide bonds. The lowest BCUT2D eigenvalue weighted by molar-refractivity contribution is -0.140. The molecule has 4 rings (SSSR count). The Labute approximate surface area is 220 Å². The highest BCUT2D eigenvalue weighted by atomic mass is 35.5. The first kappa shape index (κ1) is 25.8. The van der Waals surface area contributed by atoms with Crippen LogP contribution in [0, 0.1) is 6.92 Å². The van der Waals surface area contributed by atoms with E-state index in [-0.39, 0.29) is 16.3 Å². The number of hydrogen-bond acceptors (Lipinski definition) is 4. The first-order chi connectivity index (χ1) is 17.3. The van der Waals surface area contributed by atoms with Gasteiger partial charge in [0.05, 0.1) is 21.4 Å². The van der Waals surface area contributed by atoms with Gasteiger partial charge in [-0.3, -0.25) is 9.69 Å². The van der Waals surface area contributed by atoms with Crippen LogP contribution in [-0.4, -0.2) is 36.7 Å². The van der Waals surface area contributed by atoms with Crippen LogP contribution >= 0.6 is 23.2 Å². The first-order valence-electron chi connectivity index (χ1n) is 11.7. The van der Waals surface area contributed by atoms with Gasteiger partial charge < -0.3 is 20.6 Å². The van der Waals surface area contributed by atoms with Gasteiger partial charge in [0.1, 0.15) is 0 Å². The maximum absolute atomic E-state index is 13.5. The van der Waals surface area contributed by atoms with Crippen molar-refractivity contribution in [2.45, 2.75) is 26.0 Å². The van der Waals surface area contributed by atoms with Crippen LogP contribution in [0.1, 0.15) is 24.5 Å². The van der Waals surface area contributed by atoms with Gasteiger partial charge in [-0.25, -0.2) is 4.79 Å². The van der Waals surface area contributed by atoms with Crippen LogP contribution in [0.15, 0.2) is 66.7 Å². The third kappa shape index (κ3) is 5.00. The quantitative estimate of drug-likeness (QED) is 0.337. The van der Waals surface area contributed by atoms with Gasteiger partial charge in [0.25, 0.3) is 11.6 Å². The maximum Gasteiger partial charge on any atom is 0.329 e. The number of aliphatic hydroxyl groups is 1. The number of anilines is 3. The van der Waals surface area contributed by atoms with Crippen molar-refractivity contribution in [1.29, 1.82) is 0 Å². The molecule has 3 aromatic rings. The molecule has 0 fully saturated rings. The second-order valence-electron chi connectivity index (χ2n) is 8.61. The molecule has 9 heteroatoms. The molecule has 0 aromatic heterocycles. The SMILES string of the molecule is CCN(CCCNC(=O)[C@]1(O)c2ccccc2NC(=O)N1c1ccc(Cl)c(Cl)c1)c1cccc(C)c1. The van der Waals surface area contributed by atoms with E-state index in [1.165, 1.54) is 23.8 Å². The van der Waals surface area contributed by atoms with Crippen molar-refractivity contribution in [1.82, 2.24) is 5.32 Å². The molecule has 0 radical (unpaired) electrons. The second kappa shape index (κ2) is 10.8. The average Bonchev–Trinajstić information content (AvgIpc) is 2.86. The van der Waals surface area contributed by atoms with Gasteiger partial charge in [-0.15, -0.1) is 0 Å². The lowest BCUT2D eigenvalue weighted by Gasteiger charge is -2.42. The van der Waals surface area contributed by atoms with Crippen molar-refractivity contribution >= 4 is 52.2 Å². The molecule has 0 unspecified atom stereocenters. The Bertz CT molecular complexity index is 1290. The Hall–Kier alpha value is -3.26. The summed E-state index contributed by atoms with van der Waals surface area (Å²) in [6.07, 6.45) is 0.643. The molecule has 1 heterocycles. The van der Waals surface area contributed by atoms with Gasteiger partial charge in [0.15, 0.2) is 0 Å². The van der Waals surface area contributed by atoms with E-state index in [1.807, 2.05) is 6.07 Å². The zero-order chi connectivity index (χ0) is 25.9.